The Kier molecular flexibility index (Phi) is 5.62. The number of rotatable bonds is 3. The molecular weight excluding hydrogens is 332 g/mol. The number of carbonyl (C=O) groups excluding carboxylic acids is 1. The Morgan fingerprint density at radius 2 is 1.67 bits per heavy atom. The van der Waals surface area contributed by atoms with Gasteiger partial charge in [0.2, 0.25) is 0 Å². The molecule has 2 heterocycles. The second-order valence-electron chi connectivity index (χ2n) is 5.86. The molecular formula is C17H23ClN2O4. The van der Waals surface area contributed by atoms with E-state index in [1.54, 1.807) is 20.3 Å². The van der Waals surface area contributed by atoms with Crippen molar-refractivity contribution < 1.29 is 18.7 Å². The van der Waals surface area contributed by atoms with Gasteiger partial charge in [-0.15, -0.1) is 12.4 Å². The number of fused-ring (bicyclic) bond motifs is 1. The molecule has 1 saturated heterocycles. The van der Waals surface area contributed by atoms with E-state index in [0.29, 0.717) is 22.8 Å². The third kappa shape index (κ3) is 3.16. The molecule has 1 aliphatic heterocycles. The van der Waals surface area contributed by atoms with E-state index in [4.69, 9.17) is 13.9 Å². The maximum atomic E-state index is 12.8. The fourth-order valence-electron chi connectivity index (χ4n) is 2.90. The van der Waals surface area contributed by atoms with Crippen molar-refractivity contribution in [1.29, 1.82) is 0 Å². The van der Waals surface area contributed by atoms with Gasteiger partial charge < -0.3 is 23.7 Å². The average molecular weight is 355 g/mol. The van der Waals surface area contributed by atoms with Crippen LogP contribution in [0.3, 0.4) is 0 Å². The van der Waals surface area contributed by atoms with E-state index in [-0.39, 0.29) is 18.3 Å². The maximum absolute atomic E-state index is 12.8. The first-order valence-corrected chi connectivity index (χ1v) is 7.68. The molecule has 6 nitrogen and oxygen atoms in total. The Labute approximate surface area is 147 Å². The van der Waals surface area contributed by atoms with Gasteiger partial charge in [0, 0.05) is 43.2 Å². The molecule has 0 aliphatic carbocycles. The summed E-state index contributed by atoms with van der Waals surface area (Å²) >= 11 is 0. The summed E-state index contributed by atoms with van der Waals surface area (Å²) in [5, 5.41) is 0.875. The molecule has 1 aromatic heterocycles. The summed E-state index contributed by atoms with van der Waals surface area (Å²) in [6, 6.07) is 3.62. The number of amides is 1. The van der Waals surface area contributed by atoms with E-state index < -0.39 is 0 Å². The van der Waals surface area contributed by atoms with Crippen LogP contribution in [0.1, 0.15) is 16.1 Å². The highest BCUT2D eigenvalue weighted by molar-refractivity contribution is 5.99. The molecule has 1 amide bonds. The number of benzene rings is 1. The first kappa shape index (κ1) is 18.4. The quantitative estimate of drug-likeness (QED) is 0.848. The lowest BCUT2D eigenvalue weighted by molar-refractivity contribution is 0.0634. The van der Waals surface area contributed by atoms with Gasteiger partial charge >= 0.3 is 0 Å². The summed E-state index contributed by atoms with van der Waals surface area (Å²) in [6.45, 7) is 5.11. The van der Waals surface area contributed by atoms with Gasteiger partial charge in [-0.05, 0) is 20.0 Å². The van der Waals surface area contributed by atoms with E-state index in [9.17, 15) is 4.79 Å². The van der Waals surface area contributed by atoms with Gasteiger partial charge in [0.15, 0.2) is 17.3 Å². The summed E-state index contributed by atoms with van der Waals surface area (Å²) in [6.07, 6.45) is 0. The van der Waals surface area contributed by atoms with E-state index in [1.807, 2.05) is 17.9 Å². The predicted molar refractivity (Wildman–Crippen MR) is 94.7 cm³/mol. The van der Waals surface area contributed by atoms with Crippen LogP contribution in [0, 0.1) is 6.92 Å². The van der Waals surface area contributed by atoms with Crippen LogP contribution in [0.15, 0.2) is 16.5 Å². The number of likely N-dealkylation sites (N-methyl/N-ethyl adjacent to an activating group) is 1. The van der Waals surface area contributed by atoms with Crippen LogP contribution in [0.2, 0.25) is 0 Å². The summed E-state index contributed by atoms with van der Waals surface area (Å²) in [4.78, 5) is 16.8. The molecule has 0 saturated carbocycles. The van der Waals surface area contributed by atoms with Crippen molar-refractivity contribution in [3.8, 4) is 11.5 Å². The molecule has 1 aromatic carbocycles. The number of ether oxygens (including phenoxy) is 2. The number of aryl methyl sites for hydroxylation is 1. The first-order chi connectivity index (χ1) is 11.0. The van der Waals surface area contributed by atoms with Crippen molar-refractivity contribution in [2.75, 3.05) is 47.4 Å². The first-order valence-electron chi connectivity index (χ1n) is 7.68. The zero-order valence-corrected chi connectivity index (χ0v) is 15.2. The predicted octanol–water partition coefficient (Wildman–Crippen LogP) is 2.57. The summed E-state index contributed by atoms with van der Waals surface area (Å²) in [5.74, 6) is 1.57. The zero-order valence-electron chi connectivity index (χ0n) is 14.4. The summed E-state index contributed by atoms with van der Waals surface area (Å²) in [5.41, 5.74) is 1.47. The van der Waals surface area contributed by atoms with E-state index in [1.165, 1.54) is 0 Å². The molecule has 1 fully saturated rings. The number of nitrogens with zero attached hydrogens (tertiary/aromatic N) is 2. The topological polar surface area (TPSA) is 55.2 Å². The molecule has 3 rings (SSSR count). The Balaban J connectivity index is 0.00000208. The highest BCUT2D eigenvalue weighted by atomic mass is 35.5. The number of halogens is 1. The SMILES string of the molecule is COc1cc2oc(C(=O)N3CCN(C)CC3)c(C)c2cc1OC.Cl. The minimum atomic E-state index is -0.0512. The van der Waals surface area contributed by atoms with Gasteiger partial charge in [-0.2, -0.15) is 0 Å². The number of carbonyl (C=O) groups is 1. The summed E-state index contributed by atoms with van der Waals surface area (Å²) in [7, 11) is 5.23. The van der Waals surface area contributed by atoms with E-state index >= 15 is 0 Å². The molecule has 0 radical (unpaired) electrons. The Bertz CT molecular complexity index is 736. The molecule has 0 bridgehead atoms. The lowest BCUT2D eigenvalue weighted by Gasteiger charge is -2.31. The molecule has 0 N–H and O–H groups in total. The number of furan rings is 1. The molecule has 0 unspecified atom stereocenters. The van der Waals surface area contributed by atoms with E-state index in [2.05, 4.69) is 11.9 Å². The van der Waals surface area contributed by atoms with Gasteiger partial charge in [0.05, 0.1) is 14.2 Å². The van der Waals surface area contributed by atoms with Gasteiger partial charge in [-0.1, -0.05) is 0 Å². The van der Waals surface area contributed by atoms with Crippen molar-refractivity contribution in [2.45, 2.75) is 6.92 Å². The van der Waals surface area contributed by atoms with Crippen molar-refractivity contribution in [2.24, 2.45) is 0 Å². The summed E-state index contributed by atoms with van der Waals surface area (Å²) < 4.78 is 16.5. The van der Waals surface area contributed by atoms with Crippen LogP contribution in [0.4, 0.5) is 0 Å². The number of hydrogen-bond acceptors (Lipinski definition) is 5. The second-order valence-corrected chi connectivity index (χ2v) is 5.86. The van der Waals surface area contributed by atoms with Gasteiger partial charge in [-0.25, -0.2) is 0 Å². The smallest absolute Gasteiger partial charge is 0.289 e. The van der Waals surface area contributed by atoms with Gasteiger partial charge in [0.25, 0.3) is 5.91 Å². The molecule has 0 atom stereocenters. The molecule has 24 heavy (non-hydrogen) atoms. The molecule has 1 aliphatic rings. The van der Waals surface area contributed by atoms with Crippen molar-refractivity contribution >= 4 is 29.3 Å². The normalized spacial score (nSPS) is 15.2. The molecule has 132 valence electrons. The van der Waals surface area contributed by atoms with Crippen LogP contribution in [0.25, 0.3) is 11.0 Å². The lowest BCUT2D eigenvalue weighted by Crippen LogP contribution is -2.47. The minimum absolute atomic E-state index is 0. The van der Waals surface area contributed by atoms with Crippen LogP contribution in [-0.4, -0.2) is 63.2 Å². The van der Waals surface area contributed by atoms with Crippen molar-refractivity contribution in [1.82, 2.24) is 9.80 Å². The molecule has 2 aromatic rings. The van der Waals surface area contributed by atoms with E-state index in [0.717, 1.165) is 37.1 Å². The van der Waals surface area contributed by atoms with Crippen LogP contribution < -0.4 is 9.47 Å². The highest BCUT2D eigenvalue weighted by Crippen LogP contribution is 2.36. The monoisotopic (exact) mass is 354 g/mol. The third-order valence-electron chi connectivity index (χ3n) is 4.43. The maximum Gasteiger partial charge on any atom is 0.289 e. The number of piperazine rings is 1. The zero-order chi connectivity index (χ0) is 16.6. The number of hydrogen-bond donors (Lipinski definition) is 0. The lowest BCUT2D eigenvalue weighted by atomic mass is 10.1. The fraction of sp³-hybridized carbons (Fsp3) is 0.471. The van der Waals surface area contributed by atoms with Crippen LogP contribution in [-0.2, 0) is 0 Å². The fourth-order valence-corrected chi connectivity index (χ4v) is 2.90. The van der Waals surface area contributed by atoms with Crippen LogP contribution in [0.5, 0.6) is 11.5 Å². The second kappa shape index (κ2) is 7.32. The standard InChI is InChI=1S/C17H22N2O4.ClH/c1-11-12-9-14(21-3)15(22-4)10-13(12)23-16(11)17(20)19-7-5-18(2)6-8-19;/h9-10H,5-8H2,1-4H3;1H. The van der Waals surface area contributed by atoms with Gasteiger partial charge in [-0.3, -0.25) is 4.79 Å². The van der Waals surface area contributed by atoms with Crippen molar-refractivity contribution in [3.63, 3.8) is 0 Å². The molecule has 7 heteroatoms. The Hall–Kier alpha value is -1.92. The largest absolute Gasteiger partial charge is 0.493 e. The van der Waals surface area contributed by atoms with Gasteiger partial charge in [0.1, 0.15) is 5.58 Å². The average Bonchev–Trinajstić information content (AvgIpc) is 2.89. The number of methoxy groups -OCH3 is 2. The molecule has 0 spiro atoms. The van der Waals surface area contributed by atoms with Crippen LogP contribution >= 0.6 is 12.4 Å². The Morgan fingerprint density at radius 1 is 1.08 bits per heavy atom. The highest BCUT2D eigenvalue weighted by Gasteiger charge is 2.26. The van der Waals surface area contributed by atoms with Crippen molar-refractivity contribution in [3.05, 3.63) is 23.5 Å². The minimum Gasteiger partial charge on any atom is -0.493 e. The third-order valence-corrected chi connectivity index (χ3v) is 4.43. The Morgan fingerprint density at radius 3 is 2.25 bits per heavy atom.